The summed E-state index contributed by atoms with van der Waals surface area (Å²) in [6, 6.07) is 3.19. The predicted molar refractivity (Wildman–Crippen MR) is 58.2 cm³/mol. The molecule has 0 spiro atoms. The molecule has 2 aliphatic rings. The Morgan fingerprint density at radius 3 is 2.27 bits per heavy atom. The van der Waals surface area contributed by atoms with Gasteiger partial charge in [-0.2, -0.15) is 0 Å². The molecule has 2 N–H and O–H groups in total. The van der Waals surface area contributed by atoms with Gasteiger partial charge in [0.1, 0.15) is 11.5 Å². The maximum Gasteiger partial charge on any atom is 0.119 e. The first-order valence-corrected chi connectivity index (χ1v) is 5.47. The van der Waals surface area contributed by atoms with Crippen LogP contribution < -0.4 is 0 Å². The Kier molecular flexibility index (Phi) is 1.64. The van der Waals surface area contributed by atoms with Crippen LogP contribution in [0.2, 0.25) is 0 Å². The quantitative estimate of drug-likeness (QED) is 0.543. The fourth-order valence-electron chi connectivity index (χ4n) is 3.05. The third-order valence-electron chi connectivity index (χ3n) is 3.81. The summed E-state index contributed by atoms with van der Waals surface area (Å²) >= 11 is 0. The first-order valence-electron chi connectivity index (χ1n) is 5.47. The van der Waals surface area contributed by atoms with Crippen molar-refractivity contribution in [2.75, 3.05) is 0 Å². The zero-order chi connectivity index (χ0) is 10.6. The summed E-state index contributed by atoms with van der Waals surface area (Å²) in [5.74, 6) is 1.87. The largest absolute Gasteiger partial charge is 0.508 e. The minimum Gasteiger partial charge on any atom is -0.508 e. The van der Waals surface area contributed by atoms with E-state index in [1.54, 1.807) is 12.1 Å². The van der Waals surface area contributed by atoms with Crippen LogP contribution in [0.25, 0.3) is 0 Å². The molecule has 0 aliphatic heterocycles. The highest BCUT2D eigenvalue weighted by atomic mass is 16.3. The number of allylic oxidation sites excluding steroid dienone is 2. The van der Waals surface area contributed by atoms with E-state index in [-0.39, 0.29) is 0 Å². The van der Waals surface area contributed by atoms with Crippen molar-refractivity contribution in [1.82, 2.24) is 0 Å². The van der Waals surface area contributed by atoms with Crippen LogP contribution in [0.4, 0.5) is 0 Å². The number of hydrogen-bond acceptors (Lipinski definition) is 2. The van der Waals surface area contributed by atoms with Gasteiger partial charge in [-0.1, -0.05) is 19.1 Å². The van der Waals surface area contributed by atoms with E-state index >= 15 is 0 Å². The number of fused-ring (bicyclic) bond motifs is 3. The third kappa shape index (κ3) is 0.942. The van der Waals surface area contributed by atoms with Gasteiger partial charge < -0.3 is 10.2 Å². The van der Waals surface area contributed by atoms with Gasteiger partial charge in [-0.15, -0.1) is 0 Å². The van der Waals surface area contributed by atoms with Crippen molar-refractivity contribution in [2.45, 2.75) is 25.2 Å². The summed E-state index contributed by atoms with van der Waals surface area (Å²) in [4.78, 5) is 0. The molecular formula is C13H14O2. The highest BCUT2D eigenvalue weighted by Gasteiger charge is 2.44. The Bertz CT molecular complexity index is 448. The van der Waals surface area contributed by atoms with Crippen LogP contribution in [0.5, 0.6) is 11.5 Å². The number of hydrogen-bond donors (Lipinski definition) is 2. The summed E-state index contributed by atoms with van der Waals surface area (Å²) in [6.45, 7) is 2.13. The fourth-order valence-corrected chi connectivity index (χ4v) is 3.05. The smallest absolute Gasteiger partial charge is 0.119 e. The maximum atomic E-state index is 9.88. The van der Waals surface area contributed by atoms with Gasteiger partial charge in [0, 0.05) is 17.0 Å². The van der Waals surface area contributed by atoms with Gasteiger partial charge in [0.2, 0.25) is 0 Å². The summed E-state index contributed by atoms with van der Waals surface area (Å²) in [5.41, 5.74) is 1.92. The molecule has 0 heterocycles. The Balaban J connectivity index is 2.24. The van der Waals surface area contributed by atoms with Gasteiger partial charge in [-0.3, -0.25) is 0 Å². The molecule has 2 heteroatoms. The Morgan fingerprint density at radius 1 is 1.07 bits per heavy atom. The standard InChI is InChI=1S/C13H14O2/c1-2-7-8-3-4-9(8)13-11(15)6-5-10(14)12(7)13/h3-9,14-15H,2H2,1H3. The molecule has 0 amide bonds. The van der Waals surface area contributed by atoms with E-state index in [2.05, 4.69) is 19.1 Å². The highest BCUT2D eigenvalue weighted by Crippen LogP contribution is 2.58. The zero-order valence-electron chi connectivity index (χ0n) is 8.64. The number of phenolic OH excluding ortho intramolecular Hbond substituents is 2. The van der Waals surface area contributed by atoms with Gasteiger partial charge in [0.15, 0.2) is 0 Å². The molecule has 0 radical (unpaired) electrons. The molecule has 1 aromatic carbocycles. The van der Waals surface area contributed by atoms with E-state index in [0.717, 1.165) is 17.5 Å². The average molecular weight is 202 g/mol. The maximum absolute atomic E-state index is 9.88. The van der Waals surface area contributed by atoms with Crippen molar-refractivity contribution in [3.63, 3.8) is 0 Å². The van der Waals surface area contributed by atoms with Crippen molar-refractivity contribution < 1.29 is 10.2 Å². The second-order valence-electron chi connectivity index (χ2n) is 4.43. The molecule has 0 fully saturated rings. The number of phenols is 2. The van der Waals surface area contributed by atoms with E-state index in [1.807, 2.05) is 0 Å². The molecule has 0 bridgehead atoms. The minimum absolute atomic E-state index is 0.331. The number of rotatable bonds is 1. The van der Waals surface area contributed by atoms with Gasteiger partial charge in [0.05, 0.1) is 0 Å². The zero-order valence-corrected chi connectivity index (χ0v) is 8.64. The van der Waals surface area contributed by atoms with E-state index in [9.17, 15) is 10.2 Å². The van der Waals surface area contributed by atoms with Gasteiger partial charge in [-0.05, 0) is 30.4 Å². The van der Waals surface area contributed by atoms with Crippen LogP contribution in [-0.2, 0) is 0 Å². The van der Waals surface area contributed by atoms with Crippen molar-refractivity contribution >= 4 is 0 Å². The third-order valence-corrected chi connectivity index (χ3v) is 3.81. The van der Waals surface area contributed by atoms with E-state index in [0.29, 0.717) is 29.3 Å². The summed E-state index contributed by atoms with van der Waals surface area (Å²) in [6.07, 6.45) is 5.32. The molecular weight excluding hydrogens is 188 g/mol. The molecule has 3 atom stereocenters. The molecule has 1 aromatic rings. The lowest BCUT2D eigenvalue weighted by Gasteiger charge is -2.26. The van der Waals surface area contributed by atoms with E-state index in [4.69, 9.17) is 0 Å². The van der Waals surface area contributed by atoms with Gasteiger partial charge in [0.25, 0.3) is 0 Å². The molecule has 3 unspecified atom stereocenters. The highest BCUT2D eigenvalue weighted by molar-refractivity contribution is 5.59. The van der Waals surface area contributed by atoms with Crippen LogP contribution in [0.1, 0.15) is 36.3 Å². The van der Waals surface area contributed by atoms with E-state index < -0.39 is 0 Å². The molecule has 3 rings (SSSR count). The van der Waals surface area contributed by atoms with Crippen LogP contribution in [0, 0.1) is 5.92 Å². The molecule has 2 aliphatic carbocycles. The fraction of sp³-hybridized carbons (Fsp3) is 0.385. The van der Waals surface area contributed by atoms with Gasteiger partial charge in [-0.25, -0.2) is 0 Å². The Hall–Kier alpha value is -1.44. The first kappa shape index (κ1) is 8.84. The Morgan fingerprint density at radius 2 is 1.73 bits per heavy atom. The Labute approximate surface area is 88.9 Å². The van der Waals surface area contributed by atoms with Crippen LogP contribution in [0.3, 0.4) is 0 Å². The van der Waals surface area contributed by atoms with Crippen LogP contribution >= 0.6 is 0 Å². The SMILES string of the molecule is CCC1c2c(O)ccc(O)c2C2C=CC21. The van der Waals surface area contributed by atoms with E-state index in [1.165, 1.54) is 0 Å². The number of benzene rings is 1. The molecule has 15 heavy (non-hydrogen) atoms. The van der Waals surface area contributed by atoms with Crippen molar-refractivity contribution in [1.29, 1.82) is 0 Å². The van der Waals surface area contributed by atoms with Crippen molar-refractivity contribution in [2.24, 2.45) is 5.92 Å². The number of aromatic hydroxyl groups is 2. The topological polar surface area (TPSA) is 40.5 Å². The molecule has 0 saturated carbocycles. The summed E-state index contributed by atoms with van der Waals surface area (Å²) in [7, 11) is 0. The second-order valence-corrected chi connectivity index (χ2v) is 4.43. The summed E-state index contributed by atoms with van der Waals surface area (Å²) < 4.78 is 0. The van der Waals surface area contributed by atoms with Crippen molar-refractivity contribution in [3.05, 3.63) is 35.4 Å². The van der Waals surface area contributed by atoms with Crippen LogP contribution in [0.15, 0.2) is 24.3 Å². The summed E-state index contributed by atoms with van der Waals surface area (Å²) in [5, 5.41) is 19.7. The molecule has 0 saturated heterocycles. The lowest BCUT2D eigenvalue weighted by Crippen LogP contribution is -2.14. The monoisotopic (exact) mass is 202 g/mol. The normalized spacial score (nSPS) is 30.9. The molecule has 2 nitrogen and oxygen atoms in total. The predicted octanol–water partition coefficient (Wildman–Crippen LogP) is 2.87. The molecule has 78 valence electrons. The second kappa shape index (κ2) is 2.78. The minimum atomic E-state index is 0.331. The van der Waals surface area contributed by atoms with Crippen LogP contribution in [-0.4, -0.2) is 10.2 Å². The lowest BCUT2D eigenvalue weighted by molar-refractivity contribution is 0.435. The molecule has 0 aromatic heterocycles. The van der Waals surface area contributed by atoms with Crippen molar-refractivity contribution in [3.8, 4) is 11.5 Å². The first-order chi connectivity index (χ1) is 7.24. The lowest BCUT2D eigenvalue weighted by atomic mass is 9.77. The average Bonchev–Trinajstić information content (AvgIpc) is 2.41. The van der Waals surface area contributed by atoms with Gasteiger partial charge >= 0.3 is 0 Å².